The molecule has 0 N–H and O–H groups in total. The molecule has 3 heteroatoms. The third kappa shape index (κ3) is 5.38. The summed E-state index contributed by atoms with van der Waals surface area (Å²) < 4.78 is 6.72. The highest BCUT2D eigenvalue weighted by Crippen LogP contribution is 2.30. The minimum Gasteiger partial charge on any atom is -0.482 e. The van der Waals surface area contributed by atoms with E-state index >= 15 is 0 Å². The van der Waals surface area contributed by atoms with Crippen molar-refractivity contribution in [2.24, 2.45) is 0 Å². The first-order chi connectivity index (χ1) is 11.8. The molecular formula is C21H30AlNO. The SMILES string of the molecule is CC[CH2][Al]([CH2]CC)[O]C(CC)N(c1ccccc1)c1ccccc1. The summed E-state index contributed by atoms with van der Waals surface area (Å²) in [5, 5.41) is 2.53. The van der Waals surface area contributed by atoms with Crippen molar-refractivity contribution in [3.63, 3.8) is 0 Å². The summed E-state index contributed by atoms with van der Waals surface area (Å²) in [5.74, 6) is 0. The van der Waals surface area contributed by atoms with E-state index in [0.29, 0.717) is 0 Å². The number of benzene rings is 2. The van der Waals surface area contributed by atoms with E-state index in [1.807, 2.05) is 0 Å². The van der Waals surface area contributed by atoms with Crippen molar-refractivity contribution in [3.8, 4) is 0 Å². The van der Waals surface area contributed by atoms with Crippen LogP contribution in [0.1, 0.15) is 40.0 Å². The van der Waals surface area contributed by atoms with E-state index in [-0.39, 0.29) is 6.23 Å². The molecule has 0 saturated carbocycles. The van der Waals surface area contributed by atoms with Crippen LogP contribution in [-0.4, -0.2) is 20.7 Å². The Bertz CT molecular complexity index is 515. The maximum absolute atomic E-state index is 6.72. The van der Waals surface area contributed by atoms with Gasteiger partial charge in [-0.1, -0.05) is 80.6 Å². The maximum Gasteiger partial charge on any atom is 0.462 e. The van der Waals surface area contributed by atoms with Crippen LogP contribution in [0, 0.1) is 0 Å². The third-order valence-corrected chi connectivity index (χ3v) is 7.42. The molecule has 0 saturated heterocycles. The largest absolute Gasteiger partial charge is 0.482 e. The number of hydrogen-bond donors (Lipinski definition) is 0. The van der Waals surface area contributed by atoms with Crippen LogP contribution in [0.2, 0.25) is 10.6 Å². The third-order valence-electron chi connectivity index (χ3n) is 4.28. The molecule has 0 aliphatic heterocycles. The van der Waals surface area contributed by atoms with Gasteiger partial charge in [0.1, 0.15) is 6.23 Å². The van der Waals surface area contributed by atoms with Gasteiger partial charge in [0.05, 0.1) is 0 Å². The predicted molar refractivity (Wildman–Crippen MR) is 106 cm³/mol. The second-order valence-corrected chi connectivity index (χ2v) is 8.91. The van der Waals surface area contributed by atoms with E-state index in [0.717, 1.165) is 6.42 Å². The number of anilines is 2. The Morgan fingerprint density at radius 2 is 1.25 bits per heavy atom. The van der Waals surface area contributed by atoms with Crippen molar-refractivity contribution in [1.82, 2.24) is 0 Å². The average molecular weight is 339 g/mol. The quantitative estimate of drug-likeness (QED) is 0.367. The van der Waals surface area contributed by atoms with Gasteiger partial charge in [0.15, 0.2) is 0 Å². The van der Waals surface area contributed by atoms with Crippen LogP contribution < -0.4 is 4.90 Å². The smallest absolute Gasteiger partial charge is 0.462 e. The van der Waals surface area contributed by atoms with Gasteiger partial charge in [-0.05, 0) is 30.7 Å². The summed E-state index contributed by atoms with van der Waals surface area (Å²) in [6, 6.07) is 21.3. The number of para-hydroxylation sites is 2. The first-order valence-electron chi connectivity index (χ1n) is 9.34. The fourth-order valence-electron chi connectivity index (χ4n) is 3.14. The second-order valence-electron chi connectivity index (χ2n) is 6.24. The topological polar surface area (TPSA) is 12.5 Å². The van der Waals surface area contributed by atoms with Crippen molar-refractivity contribution in [3.05, 3.63) is 60.7 Å². The van der Waals surface area contributed by atoms with Gasteiger partial charge in [0.25, 0.3) is 0 Å². The molecule has 0 aliphatic rings. The molecule has 0 spiro atoms. The van der Waals surface area contributed by atoms with E-state index in [4.69, 9.17) is 3.79 Å². The fourth-order valence-corrected chi connectivity index (χ4v) is 5.75. The van der Waals surface area contributed by atoms with Crippen LogP contribution in [0.25, 0.3) is 0 Å². The van der Waals surface area contributed by atoms with Crippen LogP contribution in [-0.2, 0) is 3.79 Å². The van der Waals surface area contributed by atoms with Gasteiger partial charge >= 0.3 is 14.5 Å². The highest BCUT2D eigenvalue weighted by molar-refractivity contribution is 6.51. The number of rotatable bonds is 10. The van der Waals surface area contributed by atoms with Crippen LogP contribution in [0.3, 0.4) is 0 Å². The van der Waals surface area contributed by atoms with Gasteiger partial charge in [-0.3, -0.25) is 0 Å². The van der Waals surface area contributed by atoms with Crippen molar-refractivity contribution < 1.29 is 3.79 Å². The molecule has 0 aliphatic carbocycles. The van der Waals surface area contributed by atoms with E-state index in [1.54, 1.807) is 0 Å². The Balaban J connectivity index is 2.30. The standard InChI is InChI=1S/C15H16NO.2C3H7.Al/c1-2-15(17)16(13-9-5-3-6-10-13)14-11-7-4-8-12-14;2*1-3-2;/h3-12,15H,2H2,1H3;2*1,3H2,2H3;/q-1;;;+1. The fraction of sp³-hybridized carbons (Fsp3) is 0.429. The minimum absolute atomic E-state index is 0.115. The molecule has 0 fully saturated rings. The van der Waals surface area contributed by atoms with Crippen LogP contribution in [0.5, 0.6) is 0 Å². The highest BCUT2D eigenvalue weighted by Gasteiger charge is 2.26. The van der Waals surface area contributed by atoms with Crippen molar-refractivity contribution in [2.45, 2.75) is 56.8 Å². The lowest BCUT2D eigenvalue weighted by atomic mass is 10.2. The zero-order valence-electron chi connectivity index (χ0n) is 15.3. The Labute approximate surface area is 152 Å². The summed E-state index contributed by atoms with van der Waals surface area (Å²) in [6.07, 6.45) is 3.55. The number of hydrogen-bond acceptors (Lipinski definition) is 2. The average Bonchev–Trinajstić information content (AvgIpc) is 2.63. The lowest BCUT2D eigenvalue weighted by Gasteiger charge is -2.35. The summed E-state index contributed by atoms with van der Waals surface area (Å²) in [6.45, 7) is 6.77. The van der Waals surface area contributed by atoms with E-state index in [2.05, 4.69) is 86.3 Å². The highest BCUT2D eigenvalue weighted by atomic mass is 27.2. The lowest BCUT2D eigenvalue weighted by molar-refractivity contribution is 0.201. The molecule has 0 heterocycles. The molecule has 2 aromatic rings. The molecular weight excluding hydrogens is 309 g/mol. The zero-order chi connectivity index (χ0) is 17.2. The summed E-state index contributed by atoms with van der Waals surface area (Å²) in [7, 11) is 0. The molecule has 128 valence electrons. The zero-order valence-corrected chi connectivity index (χ0v) is 16.5. The summed E-state index contributed by atoms with van der Waals surface area (Å²) >= 11 is -1.15. The lowest BCUT2D eigenvalue weighted by Crippen LogP contribution is -2.38. The van der Waals surface area contributed by atoms with Gasteiger partial charge in [0.2, 0.25) is 0 Å². The van der Waals surface area contributed by atoms with Gasteiger partial charge in [0, 0.05) is 11.4 Å². The normalized spacial score (nSPS) is 12.0. The molecule has 2 aromatic carbocycles. The first-order valence-corrected chi connectivity index (χ1v) is 11.4. The maximum atomic E-state index is 6.72. The molecule has 0 bridgehead atoms. The molecule has 0 radical (unpaired) electrons. The first kappa shape index (κ1) is 19.1. The van der Waals surface area contributed by atoms with Crippen LogP contribution in [0.4, 0.5) is 11.4 Å². The van der Waals surface area contributed by atoms with Crippen LogP contribution >= 0.6 is 0 Å². The minimum atomic E-state index is -1.15. The second kappa shape index (κ2) is 10.6. The Hall–Kier alpha value is -1.27. The van der Waals surface area contributed by atoms with Crippen molar-refractivity contribution in [2.75, 3.05) is 4.90 Å². The van der Waals surface area contributed by atoms with Crippen molar-refractivity contribution >= 4 is 25.9 Å². The molecule has 2 nitrogen and oxygen atoms in total. The van der Waals surface area contributed by atoms with Gasteiger partial charge in [-0.2, -0.15) is 0 Å². The summed E-state index contributed by atoms with van der Waals surface area (Å²) in [5.41, 5.74) is 2.41. The summed E-state index contributed by atoms with van der Waals surface area (Å²) in [4.78, 5) is 2.37. The molecule has 0 aromatic heterocycles. The Morgan fingerprint density at radius 1 is 0.792 bits per heavy atom. The number of nitrogens with zero attached hydrogens (tertiary/aromatic N) is 1. The van der Waals surface area contributed by atoms with Crippen molar-refractivity contribution in [1.29, 1.82) is 0 Å². The Morgan fingerprint density at radius 3 is 1.62 bits per heavy atom. The molecule has 1 unspecified atom stereocenters. The molecule has 0 amide bonds. The Kier molecular flexibility index (Phi) is 8.39. The van der Waals surface area contributed by atoms with E-state index < -0.39 is 14.5 Å². The predicted octanol–water partition coefficient (Wildman–Crippen LogP) is 6.39. The molecule has 1 atom stereocenters. The molecule has 24 heavy (non-hydrogen) atoms. The van der Waals surface area contributed by atoms with Crippen LogP contribution in [0.15, 0.2) is 60.7 Å². The van der Waals surface area contributed by atoms with Gasteiger partial charge in [-0.25, -0.2) is 0 Å². The van der Waals surface area contributed by atoms with Gasteiger partial charge in [-0.15, -0.1) is 0 Å². The monoisotopic (exact) mass is 339 g/mol. The van der Waals surface area contributed by atoms with E-state index in [1.165, 1.54) is 34.8 Å². The van der Waals surface area contributed by atoms with E-state index in [9.17, 15) is 0 Å². The molecule has 2 rings (SSSR count). The van der Waals surface area contributed by atoms with Gasteiger partial charge < -0.3 is 8.69 Å².